The third-order valence-corrected chi connectivity index (χ3v) is 2.68. The number of carbonyl (C=O) groups excluding carboxylic acids is 1. The Hall–Kier alpha value is -1.85. The van der Waals surface area contributed by atoms with Gasteiger partial charge in [-0.2, -0.15) is 0 Å². The number of anilines is 2. The van der Waals surface area contributed by atoms with Crippen molar-refractivity contribution in [3.05, 3.63) is 11.9 Å². The molecule has 0 aliphatic carbocycles. The van der Waals surface area contributed by atoms with Crippen molar-refractivity contribution >= 4 is 17.5 Å². The maximum atomic E-state index is 11.4. The van der Waals surface area contributed by atoms with E-state index >= 15 is 0 Å². The first kappa shape index (κ1) is 16.2. The summed E-state index contributed by atoms with van der Waals surface area (Å²) in [4.78, 5) is 20.2. The van der Waals surface area contributed by atoms with Crippen LogP contribution < -0.4 is 16.0 Å². The summed E-state index contributed by atoms with van der Waals surface area (Å²) in [6.45, 7) is 8.17. The lowest BCUT2D eigenvalue weighted by atomic mass is 10.3. The first-order valence-corrected chi connectivity index (χ1v) is 7.31. The van der Waals surface area contributed by atoms with Gasteiger partial charge >= 0.3 is 0 Å². The molecule has 0 unspecified atom stereocenters. The van der Waals surface area contributed by atoms with Crippen molar-refractivity contribution in [3.63, 3.8) is 0 Å². The lowest BCUT2D eigenvalue weighted by Gasteiger charge is -2.10. The Morgan fingerprint density at radius 3 is 2.30 bits per heavy atom. The minimum atomic E-state index is 0.0501. The van der Waals surface area contributed by atoms with Crippen molar-refractivity contribution in [1.82, 2.24) is 15.3 Å². The van der Waals surface area contributed by atoms with Crippen LogP contribution in [0.1, 0.15) is 39.4 Å². The molecule has 112 valence electrons. The number of aryl methyl sites for hydroxylation is 1. The quantitative estimate of drug-likeness (QED) is 0.642. The molecule has 0 saturated carbocycles. The molecule has 20 heavy (non-hydrogen) atoms. The van der Waals surface area contributed by atoms with Gasteiger partial charge in [-0.3, -0.25) is 4.79 Å². The molecular weight excluding hydrogens is 254 g/mol. The summed E-state index contributed by atoms with van der Waals surface area (Å²) in [6.07, 6.45) is 2.27. The van der Waals surface area contributed by atoms with Crippen LogP contribution in [0.15, 0.2) is 6.07 Å². The van der Waals surface area contributed by atoms with Gasteiger partial charge in [-0.05, 0) is 13.3 Å². The molecule has 0 spiro atoms. The van der Waals surface area contributed by atoms with Gasteiger partial charge in [-0.25, -0.2) is 9.97 Å². The zero-order valence-corrected chi connectivity index (χ0v) is 12.6. The molecular formula is C14H25N5O. The van der Waals surface area contributed by atoms with E-state index in [1.165, 1.54) is 0 Å². The van der Waals surface area contributed by atoms with E-state index in [2.05, 4.69) is 32.8 Å². The first-order valence-electron chi connectivity index (χ1n) is 7.31. The fraction of sp³-hybridized carbons (Fsp3) is 0.643. The molecule has 1 rings (SSSR count). The number of amides is 1. The third-order valence-electron chi connectivity index (χ3n) is 2.68. The largest absolute Gasteiger partial charge is 0.370 e. The molecule has 0 aliphatic heterocycles. The lowest BCUT2D eigenvalue weighted by Crippen LogP contribution is -2.25. The minimum Gasteiger partial charge on any atom is -0.370 e. The molecule has 3 N–H and O–H groups in total. The minimum absolute atomic E-state index is 0.0501. The van der Waals surface area contributed by atoms with Crippen LogP contribution in [0.25, 0.3) is 0 Å². The van der Waals surface area contributed by atoms with E-state index in [4.69, 9.17) is 0 Å². The van der Waals surface area contributed by atoms with Crippen LogP contribution in [0, 0.1) is 0 Å². The Kier molecular flexibility index (Phi) is 7.39. The first-order chi connectivity index (χ1) is 9.69. The van der Waals surface area contributed by atoms with Crippen molar-refractivity contribution in [2.45, 2.75) is 40.0 Å². The second kappa shape index (κ2) is 9.12. The van der Waals surface area contributed by atoms with Gasteiger partial charge in [0.15, 0.2) is 0 Å². The summed E-state index contributed by atoms with van der Waals surface area (Å²) >= 11 is 0. The van der Waals surface area contributed by atoms with Crippen LogP contribution in [0.2, 0.25) is 0 Å². The van der Waals surface area contributed by atoms with Crippen LogP contribution in [0.5, 0.6) is 0 Å². The van der Waals surface area contributed by atoms with Gasteiger partial charge in [0.25, 0.3) is 0 Å². The van der Waals surface area contributed by atoms with Crippen LogP contribution in [-0.2, 0) is 11.2 Å². The molecule has 1 heterocycles. The number of hydrogen-bond donors (Lipinski definition) is 3. The molecule has 0 bridgehead atoms. The Morgan fingerprint density at radius 1 is 1.10 bits per heavy atom. The highest BCUT2D eigenvalue weighted by molar-refractivity contribution is 5.76. The van der Waals surface area contributed by atoms with E-state index in [0.717, 1.165) is 36.8 Å². The SMILES string of the molecule is CCCNc1cc(NCCC(=O)NCC)nc(CC)n1. The fourth-order valence-corrected chi connectivity index (χ4v) is 1.68. The van der Waals surface area contributed by atoms with Crippen molar-refractivity contribution in [2.24, 2.45) is 0 Å². The summed E-state index contributed by atoms with van der Waals surface area (Å²) in [5.74, 6) is 2.44. The average Bonchev–Trinajstić information content (AvgIpc) is 2.45. The third kappa shape index (κ3) is 5.86. The fourth-order valence-electron chi connectivity index (χ4n) is 1.68. The number of aromatic nitrogens is 2. The van der Waals surface area contributed by atoms with Crippen molar-refractivity contribution in [2.75, 3.05) is 30.3 Å². The van der Waals surface area contributed by atoms with Gasteiger partial charge in [0, 0.05) is 38.5 Å². The topological polar surface area (TPSA) is 78.9 Å². The number of nitrogens with zero attached hydrogens (tertiary/aromatic N) is 2. The molecule has 6 heteroatoms. The maximum Gasteiger partial charge on any atom is 0.221 e. The van der Waals surface area contributed by atoms with E-state index in [-0.39, 0.29) is 5.91 Å². The van der Waals surface area contributed by atoms with Crippen LogP contribution in [0.3, 0.4) is 0 Å². The second-order valence-corrected chi connectivity index (χ2v) is 4.47. The summed E-state index contributed by atoms with van der Waals surface area (Å²) in [5.41, 5.74) is 0. The van der Waals surface area contributed by atoms with E-state index in [1.54, 1.807) is 0 Å². The van der Waals surface area contributed by atoms with Crippen LogP contribution >= 0.6 is 0 Å². The highest BCUT2D eigenvalue weighted by atomic mass is 16.1. The molecule has 0 aromatic carbocycles. The van der Waals surface area contributed by atoms with Gasteiger partial charge < -0.3 is 16.0 Å². The molecule has 0 fully saturated rings. The smallest absolute Gasteiger partial charge is 0.221 e. The number of carbonyl (C=O) groups is 1. The standard InChI is InChI=1S/C14H25N5O/c1-4-8-16-12-10-13(19-11(5-2)18-12)17-9-7-14(20)15-6-3/h10H,4-9H2,1-3H3,(H,15,20)(H2,16,17,18,19). The molecule has 0 radical (unpaired) electrons. The van der Waals surface area contributed by atoms with Gasteiger partial charge in [0.05, 0.1) is 0 Å². The van der Waals surface area contributed by atoms with Gasteiger partial charge in [0.1, 0.15) is 17.5 Å². The second-order valence-electron chi connectivity index (χ2n) is 4.47. The maximum absolute atomic E-state index is 11.4. The number of hydrogen-bond acceptors (Lipinski definition) is 5. The predicted octanol–water partition coefficient (Wildman–Crippen LogP) is 1.80. The van der Waals surface area contributed by atoms with Gasteiger partial charge in [0.2, 0.25) is 5.91 Å². The Morgan fingerprint density at radius 2 is 1.75 bits per heavy atom. The Bertz CT molecular complexity index is 422. The molecule has 1 aromatic rings. The Labute approximate surface area is 120 Å². The lowest BCUT2D eigenvalue weighted by molar-refractivity contribution is -0.120. The summed E-state index contributed by atoms with van der Waals surface area (Å²) in [6, 6.07) is 1.88. The molecule has 0 atom stereocenters. The van der Waals surface area contributed by atoms with Gasteiger partial charge in [-0.1, -0.05) is 13.8 Å². The zero-order valence-electron chi connectivity index (χ0n) is 12.6. The summed E-state index contributed by atoms with van der Waals surface area (Å²) in [7, 11) is 0. The van der Waals surface area contributed by atoms with E-state index in [0.29, 0.717) is 19.5 Å². The average molecular weight is 279 g/mol. The molecule has 1 aromatic heterocycles. The highest BCUT2D eigenvalue weighted by Crippen LogP contribution is 2.11. The van der Waals surface area contributed by atoms with Crippen LogP contribution in [0.4, 0.5) is 11.6 Å². The van der Waals surface area contributed by atoms with Gasteiger partial charge in [-0.15, -0.1) is 0 Å². The molecule has 1 amide bonds. The molecule has 6 nitrogen and oxygen atoms in total. The van der Waals surface area contributed by atoms with Crippen molar-refractivity contribution in [3.8, 4) is 0 Å². The van der Waals surface area contributed by atoms with Crippen LogP contribution in [-0.4, -0.2) is 35.5 Å². The van der Waals surface area contributed by atoms with E-state index in [1.807, 2.05) is 19.9 Å². The monoisotopic (exact) mass is 279 g/mol. The van der Waals surface area contributed by atoms with E-state index in [9.17, 15) is 4.79 Å². The zero-order chi connectivity index (χ0) is 14.8. The number of rotatable bonds is 9. The summed E-state index contributed by atoms with van der Waals surface area (Å²) in [5, 5.41) is 9.20. The van der Waals surface area contributed by atoms with Crippen molar-refractivity contribution in [1.29, 1.82) is 0 Å². The van der Waals surface area contributed by atoms with E-state index < -0.39 is 0 Å². The summed E-state index contributed by atoms with van der Waals surface area (Å²) < 4.78 is 0. The normalized spacial score (nSPS) is 10.2. The van der Waals surface area contributed by atoms with Crippen molar-refractivity contribution < 1.29 is 4.79 Å². The molecule has 0 aliphatic rings. The Balaban J connectivity index is 2.57. The highest BCUT2D eigenvalue weighted by Gasteiger charge is 2.04. The molecule has 0 saturated heterocycles. The predicted molar refractivity (Wildman–Crippen MR) is 82.0 cm³/mol. The number of nitrogens with one attached hydrogen (secondary N) is 3.